The third-order valence-corrected chi connectivity index (χ3v) is 10.6. The van der Waals surface area contributed by atoms with Crippen LogP contribution in [0.25, 0.3) is 0 Å². The van der Waals surface area contributed by atoms with Gasteiger partial charge >= 0.3 is 35.5 Å². The summed E-state index contributed by atoms with van der Waals surface area (Å²) in [5.74, 6) is -0.585. The third-order valence-electron chi connectivity index (χ3n) is 8.72. The van der Waals surface area contributed by atoms with Gasteiger partial charge in [0.25, 0.3) is 10.1 Å². The average molecular weight is 877 g/mol. The summed E-state index contributed by atoms with van der Waals surface area (Å²) in [4.78, 5) is 11.9. The van der Waals surface area contributed by atoms with Gasteiger partial charge in [-0.25, -0.2) is 4.79 Å². The van der Waals surface area contributed by atoms with Crippen molar-refractivity contribution < 1.29 is 63.0 Å². The number of benzene rings is 6. The molecule has 0 aliphatic carbocycles. The molecule has 6 aromatic rings. The smallest absolute Gasteiger partial charge is 1.00 e. The molecule has 6 aromatic carbocycles. The molecule has 1 N–H and O–H groups in total. The van der Waals surface area contributed by atoms with E-state index >= 15 is 0 Å². The molecule has 0 bridgehead atoms. The summed E-state index contributed by atoms with van der Waals surface area (Å²) in [6, 6.07) is 40.4. The SMILES string of the molecule is CCOc1c(Cl)cc(Cl)cc1C(c1ccccc1S(=O)(=O)O)c1cc(Cl)cc(Cl)c1OCC.COC(=O)c1ccccc1C(c1ccccc1)c1ccccc1.[H-].[Na+]. The fraction of sp³-hybridized carbons (Fsp3) is 0.159. The summed E-state index contributed by atoms with van der Waals surface area (Å²) in [6.07, 6.45) is 0. The van der Waals surface area contributed by atoms with Crippen molar-refractivity contribution in [1.29, 1.82) is 0 Å². The van der Waals surface area contributed by atoms with Crippen molar-refractivity contribution in [2.75, 3.05) is 20.3 Å². The van der Waals surface area contributed by atoms with Gasteiger partial charge in [-0.3, -0.25) is 4.55 Å². The Bertz CT molecular complexity index is 2300. The van der Waals surface area contributed by atoms with Crippen molar-refractivity contribution in [3.8, 4) is 11.5 Å². The Balaban J connectivity index is 0.000000317. The maximum atomic E-state index is 12.3. The summed E-state index contributed by atoms with van der Waals surface area (Å²) >= 11 is 25.6. The van der Waals surface area contributed by atoms with Crippen LogP contribution in [0.5, 0.6) is 11.5 Å². The summed E-state index contributed by atoms with van der Waals surface area (Å²) < 4.78 is 51.2. The fourth-order valence-corrected chi connectivity index (χ4v) is 8.39. The fourth-order valence-electron chi connectivity index (χ4n) is 6.53. The van der Waals surface area contributed by atoms with E-state index in [1.54, 1.807) is 38.1 Å². The van der Waals surface area contributed by atoms with E-state index in [2.05, 4.69) is 24.3 Å². The molecule has 0 atom stereocenters. The van der Waals surface area contributed by atoms with Crippen LogP contribution in [0.3, 0.4) is 0 Å². The Morgan fingerprint density at radius 1 is 0.614 bits per heavy atom. The Morgan fingerprint density at radius 2 is 1.04 bits per heavy atom. The van der Waals surface area contributed by atoms with E-state index in [-0.39, 0.29) is 76.6 Å². The zero-order valence-electron chi connectivity index (χ0n) is 32.6. The van der Waals surface area contributed by atoms with E-state index in [1.807, 2.05) is 60.7 Å². The average Bonchev–Trinajstić information content (AvgIpc) is 3.18. The van der Waals surface area contributed by atoms with Crippen LogP contribution in [0.2, 0.25) is 20.1 Å². The van der Waals surface area contributed by atoms with Crippen LogP contribution in [-0.2, 0) is 14.9 Å². The maximum absolute atomic E-state index is 12.3. The monoisotopic (exact) mass is 874 g/mol. The predicted molar refractivity (Wildman–Crippen MR) is 225 cm³/mol. The van der Waals surface area contributed by atoms with Gasteiger partial charge in [-0.15, -0.1) is 0 Å². The maximum Gasteiger partial charge on any atom is 1.00 e. The number of carbonyl (C=O) groups excluding carboxylic acids is 1. The van der Waals surface area contributed by atoms with Gasteiger partial charge in [0.05, 0.1) is 40.8 Å². The molecule has 0 heterocycles. The minimum atomic E-state index is -4.60. The molecule has 6 rings (SSSR count). The van der Waals surface area contributed by atoms with Crippen molar-refractivity contribution in [2.24, 2.45) is 0 Å². The third kappa shape index (κ3) is 11.4. The first-order valence-electron chi connectivity index (χ1n) is 17.5. The van der Waals surface area contributed by atoms with Crippen LogP contribution in [0.4, 0.5) is 0 Å². The Kier molecular flexibility index (Phi) is 17.4. The summed E-state index contributed by atoms with van der Waals surface area (Å²) in [6.45, 7) is 4.15. The van der Waals surface area contributed by atoms with Crippen LogP contribution in [-0.4, -0.2) is 39.3 Å². The molecular weight excluding hydrogens is 837 g/mol. The van der Waals surface area contributed by atoms with Gasteiger partial charge in [-0.1, -0.05) is 143 Å². The Labute approximate surface area is 377 Å². The Morgan fingerprint density at radius 3 is 1.47 bits per heavy atom. The second-order valence-electron chi connectivity index (χ2n) is 12.3. The number of carbonyl (C=O) groups is 1. The molecular formula is C44H39Cl4NaO7S. The van der Waals surface area contributed by atoms with E-state index in [4.69, 9.17) is 60.6 Å². The second-order valence-corrected chi connectivity index (χ2v) is 15.3. The van der Waals surface area contributed by atoms with Crippen LogP contribution < -0.4 is 39.0 Å². The number of rotatable bonds is 12. The van der Waals surface area contributed by atoms with Crippen LogP contribution in [0, 0.1) is 0 Å². The van der Waals surface area contributed by atoms with Crippen molar-refractivity contribution in [1.82, 2.24) is 0 Å². The van der Waals surface area contributed by atoms with Crippen LogP contribution >= 0.6 is 46.4 Å². The van der Waals surface area contributed by atoms with E-state index in [0.29, 0.717) is 38.2 Å². The molecule has 57 heavy (non-hydrogen) atoms. The number of ether oxygens (including phenoxy) is 3. The van der Waals surface area contributed by atoms with Crippen molar-refractivity contribution in [3.05, 3.63) is 192 Å². The number of hydrogen-bond donors (Lipinski definition) is 1. The molecule has 0 aromatic heterocycles. The van der Waals surface area contributed by atoms with E-state index in [9.17, 15) is 17.8 Å². The molecule has 13 heteroatoms. The van der Waals surface area contributed by atoms with Gasteiger partial charge in [-0.2, -0.15) is 8.42 Å². The first kappa shape index (κ1) is 46.2. The molecule has 0 fully saturated rings. The van der Waals surface area contributed by atoms with E-state index in [0.717, 1.165) is 16.7 Å². The van der Waals surface area contributed by atoms with Gasteiger partial charge in [0, 0.05) is 33.0 Å². The van der Waals surface area contributed by atoms with Crippen molar-refractivity contribution in [3.63, 3.8) is 0 Å². The first-order valence-corrected chi connectivity index (χ1v) is 20.4. The molecule has 0 saturated carbocycles. The summed E-state index contributed by atoms with van der Waals surface area (Å²) in [5, 5.41) is 1.08. The largest absolute Gasteiger partial charge is 1.00 e. The second kappa shape index (κ2) is 21.5. The van der Waals surface area contributed by atoms with E-state index < -0.39 is 16.0 Å². The normalized spacial score (nSPS) is 11.0. The molecule has 292 valence electrons. The zero-order valence-corrected chi connectivity index (χ0v) is 37.4. The molecule has 0 radical (unpaired) electrons. The predicted octanol–water partition coefficient (Wildman–Crippen LogP) is 9.29. The standard InChI is InChI=1S/C23H20Cl4O5S.C21H18O2.Na.H/c1-3-31-22-16(9-13(24)11-18(22)26)21(15-7-5-6-8-20(15)33(28,29)30)17-10-14(25)12-19(27)23(17)32-4-2;1-23-21(22)19-15-9-8-14-18(19)20(16-10-4-2-5-11-16)17-12-6-3-7-13-17;;/h5-12,21H,3-4H2,1-2H3,(H,28,29,30);2-15,20H,1H3;;/q;;+1;-1. The van der Waals surface area contributed by atoms with Crippen LogP contribution in [0.1, 0.15) is 70.8 Å². The van der Waals surface area contributed by atoms with Gasteiger partial charge in [-0.05, 0) is 72.5 Å². The quantitative estimate of drug-likeness (QED) is 0.0567. The molecule has 0 saturated heterocycles. The minimum Gasteiger partial charge on any atom is -1.00 e. The molecule has 0 aliphatic rings. The topological polar surface area (TPSA) is 99.1 Å². The summed E-state index contributed by atoms with van der Waals surface area (Å²) in [5.41, 5.74) is 4.99. The van der Waals surface area contributed by atoms with Crippen molar-refractivity contribution in [2.45, 2.75) is 30.6 Å². The number of esters is 1. The van der Waals surface area contributed by atoms with Crippen molar-refractivity contribution >= 4 is 62.5 Å². The van der Waals surface area contributed by atoms with Gasteiger partial charge in [0.15, 0.2) is 0 Å². The zero-order chi connectivity index (χ0) is 40.4. The number of methoxy groups -OCH3 is 1. The van der Waals surface area contributed by atoms with Crippen LogP contribution in [0.15, 0.2) is 138 Å². The van der Waals surface area contributed by atoms with Gasteiger partial charge in [0.2, 0.25) is 0 Å². The molecule has 7 nitrogen and oxygen atoms in total. The molecule has 0 unspecified atom stereocenters. The summed E-state index contributed by atoms with van der Waals surface area (Å²) in [7, 11) is -3.18. The molecule has 0 aliphatic heterocycles. The van der Waals surface area contributed by atoms with Gasteiger partial charge < -0.3 is 15.6 Å². The first-order chi connectivity index (χ1) is 26.9. The number of hydrogen-bond acceptors (Lipinski definition) is 6. The van der Waals surface area contributed by atoms with E-state index in [1.165, 1.54) is 31.4 Å². The Hall–Kier alpha value is -3.54. The molecule has 0 amide bonds. The minimum absolute atomic E-state index is 0. The number of halogens is 4. The van der Waals surface area contributed by atoms with Gasteiger partial charge in [0.1, 0.15) is 11.5 Å². The molecule has 0 spiro atoms.